The van der Waals surface area contributed by atoms with Gasteiger partial charge in [0.05, 0.1) is 20.7 Å². The van der Waals surface area contributed by atoms with Crippen molar-refractivity contribution < 1.29 is 4.74 Å². The Labute approximate surface area is 268 Å². The van der Waals surface area contributed by atoms with E-state index in [1.165, 1.54) is 16.9 Å². The molecule has 1 atom stereocenters. The SMILES string of the molecule is O=c1/c(=C\c2cc(Br)cc(Br)c2OCc2ccccc2)sc2n1[C@H](c1ccc(Cl)cc1)C1=C(N=2)c2ccccc2CC1. The Morgan fingerprint density at radius 1 is 0.976 bits per heavy atom. The maximum absolute atomic E-state index is 14.2. The lowest BCUT2D eigenvalue weighted by molar-refractivity contribution is 0.303. The molecule has 0 fully saturated rings. The standard InChI is InChI=1S/C34H23Br2ClN2O2S/c35-24-16-23(32(28(36)18-24)41-19-20-6-2-1-3-7-20)17-29-33(40)39-31(22-10-13-25(37)14-11-22)27-15-12-21-8-4-5-9-26(21)30(27)38-34(39)42-29/h1-11,13-14,16-18,31H,12,15,19H2/b29-17+/t31-/m1/s1. The highest BCUT2D eigenvalue weighted by atomic mass is 79.9. The molecule has 4 nitrogen and oxygen atoms in total. The second-order valence-electron chi connectivity index (χ2n) is 10.2. The second-order valence-corrected chi connectivity index (χ2v) is 13.5. The molecule has 0 N–H and O–H groups in total. The number of thiazole rings is 1. The first kappa shape index (κ1) is 27.6. The summed E-state index contributed by atoms with van der Waals surface area (Å²) in [6.45, 7) is 0.409. The zero-order valence-corrected chi connectivity index (χ0v) is 26.9. The van der Waals surface area contributed by atoms with Crippen LogP contribution in [0.4, 0.5) is 0 Å². The number of halogens is 3. The van der Waals surface area contributed by atoms with Crippen molar-refractivity contribution >= 4 is 66.6 Å². The van der Waals surface area contributed by atoms with E-state index in [0.717, 1.165) is 55.3 Å². The van der Waals surface area contributed by atoms with Gasteiger partial charge in [0.2, 0.25) is 0 Å². The Kier molecular flexibility index (Phi) is 7.53. The van der Waals surface area contributed by atoms with Crippen molar-refractivity contribution in [1.29, 1.82) is 0 Å². The molecule has 0 spiro atoms. The quantitative estimate of drug-likeness (QED) is 0.185. The molecule has 2 heterocycles. The lowest BCUT2D eigenvalue weighted by atomic mass is 9.83. The van der Waals surface area contributed by atoms with Gasteiger partial charge in [-0.3, -0.25) is 9.36 Å². The van der Waals surface area contributed by atoms with Gasteiger partial charge >= 0.3 is 0 Å². The molecule has 0 saturated carbocycles. The molecule has 0 bridgehead atoms. The molecule has 7 rings (SSSR count). The van der Waals surface area contributed by atoms with E-state index in [1.807, 2.05) is 77.4 Å². The van der Waals surface area contributed by atoms with Gasteiger partial charge in [0.25, 0.3) is 5.56 Å². The minimum atomic E-state index is -0.257. The van der Waals surface area contributed by atoms with Crippen LogP contribution in [0, 0.1) is 0 Å². The smallest absolute Gasteiger partial charge is 0.271 e. The largest absolute Gasteiger partial charge is 0.487 e. The molecule has 4 aromatic carbocycles. The summed E-state index contributed by atoms with van der Waals surface area (Å²) in [5.41, 5.74) is 7.37. The van der Waals surface area contributed by atoms with Crippen molar-refractivity contribution in [2.45, 2.75) is 25.5 Å². The molecule has 5 aromatic rings. The van der Waals surface area contributed by atoms with Crippen LogP contribution in [0.5, 0.6) is 5.75 Å². The van der Waals surface area contributed by atoms with Crippen LogP contribution in [0.1, 0.15) is 40.3 Å². The van der Waals surface area contributed by atoms with Gasteiger partial charge in [-0.15, -0.1) is 0 Å². The zero-order valence-electron chi connectivity index (χ0n) is 22.2. The van der Waals surface area contributed by atoms with Gasteiger partial charge in [0.1, 0.15) is 12.4 Å². The molecule has 208 valence electrons. The molecule has 0 saturated heterocycles. The summed E-state index contributed by atoms with van der Waals surface area (Å²) in [5.74, 6) is 0.676. The molecular weight excluding hydrogens is 696 g/mol. The summed E-state index contributed by atoms with van der Waals surface area (Å²) in [6.07, 6.45) is 3.66. The molecule has 1 aliphatic heterocycles. The summed E-state index contributed by atoms with van der Waals surface area (Å²) in [6, 6.07) is 29.9. The molecule has 8 heteroatoms. The van der Waals surface area contributed by atoms with Crippen LogP contribution in [0.3, 0.4) is 0 Å². The normalized spacial score (nSPS) is 16.0. The highest BCUT2D eigenvalue weighted by Gasteiger charge is 2.32. The fourth-order valence-corrected chi connectivity index (χ4v) is 8.17. The number of aryl methyl sites for hydroxylation is 1. The third-order valence-electron chi connectivity index (χ3n) is 7.61. The van der Waals surface area contributed by atoms with Gasteiger partial charge in [-0.25, -0.2) is 4.99 Å². The first-order valence-corrected chi connectivity index (χ1v) is 16.3. The lowest BCUT2D eigenvalue weighted by Gasteiger charge is -2.30. The van der Waals surface area contributed by atoms with Crippen LogP contribution in [-0.2, 0) is 13.0 Å². The van der Waals surface area contributed by atoms with E-state index >= 15 is 0 Å². The summed E-state index contributed by atoms with van der Waals surface area (Å²) in [5, 5.41) is 0.664. The number of rotatable bonds is 5. The first-order valence-electron chi connectivity index (χ1n) is 13.5. The van der Waals surface area contributed by atoms with Crippen LogP contribution in [0.2, 0.25) is 5.02 Å². The molecule has 0 radical (unpaired) electrons. The minimum Gasteiger partial charge on any atom is -0.487 e. The fourth-order valence-electron chi connectivity index (χ4n) is 5.68. The predicted octanol–water partition coefficient (Wildman–Crippen LogP) is 8.08. The molecule has 42 heavy (non-hydrogen) atoms. The number of aromatic nitrogens is 1. The third kappa shape index (κ3) is 5.13. The third-order valence-corrected chi connectivity index (χ3v) is 9.89. The maximum atomic E-state index is 14.2. The van der Waals surface area contributed by atoms with E-state index in [4.69, 9.17) is 21.3 Å². The highest BCUT2D eigenvalue weighted by Crippen LogP contribution is 2.41. The van der Waals surface area contributed by atoms with E-state index in [0.29, 0.717) is 26.7 Å². The number of ether oxygens (including phenoxy) is 1. The maximum Gasteiger partial charge on any atom is 0.271 e. The number of allylic oxidation sites excluding steroid dienone is 1. The van der Waals surface area contributed by atoms with Crippen molar-refractivity contribution in [3.8, 4) is 5.75 Å². The minimum absolute atomic E-state index is 0.0748. The van der Waals surface area contributed by atoms with Crippen molar-refractivity contribution in [2.24, 2.45) is 4.99 Å². The van der Waals surface area contributed by atoms with Gasteiger partial charge in [-0.05, 0) is 81.4 Å². The topological polar surface area (TPSA) is 43.6 Å². The number of nitrogens with zero attached hydrogens (tertiary/aromatic N) is 2. The number of hydrogen-bond acceptors (Lipinski definition) is 4. The van der Waals surface area contributed by atoms with E-state index in [1.54, 1.807) is 0 Å². The summed E-state index contributed by atoms with van der Waals surface area (Å²) in [7, 11) is 0. The van der Waals surface area contributed by atoms with Crippen molar-refractivity contribution in [3.63, 3.8) is 0 Å². The summed E-state index contributed by atoms with van der Waals surface area (Å²) < 4.78 is 10.4. The average molecular weight is 719 g/mol. The summed E-state index contributed by atoms with van der Waals surface area (Å²) >= 11 is 15.0. The van der Waals surface area contributed by atoms with Gasteiger partial charge in [0.15, 0.2) is 4.80 Å². The van der Waals surface area contributed by atoms with E-state index < -0.39 is 0 Å². The Hall–Kier alpha value is -3.23. The van der Waals surface area contributed by atoms with Crippen LogP contribution in [-0.4, -0.2) is 4.57 Å². The van der Waals surface area contributed by atoms with Crippen molar-refractivity contribution in [3.05, 3.63) is 158 Å². The van der Waals surface area contributed by atoms with Crippen LogP contribution >= 0.6 is 54.8 Å². The van der Waals surface area contributed by atoms with Crippen molar-refractivity contribution in [2.75, 3.05) is 0 Å². The number of benzene rings is 4. The zero-order chi connectivity index (χ0) is 28.8. The Morgan fingerprint density at radius 2 is 1.74 bits per heavy atom. The molecule has 0 amide bonds. The number of hydrogen-bond donors (Lipinski definition) is 0. The monoisotopic (exact) mass is 716 g/mol. The van der Waals surface area contributed by atoms with Crippen LogP contribution < -0.4 is 19.6 Å². The van der Waals surface area contributed by atoms with E-state index in [9.17, 15) is 4.79 Å². The summed E-state index contributed by atoms with van der Waals surface area (Å²) in [4.78, 5) is 20.0. The second kappa shape index (κ2) is 11.5. The van der Waals surface area contributed by atoms with Crippen LogP contribution in [0.25, 0.3) is 11.8 Å². The van der Waals surface area contributed by atoms with Gasteiger partial charge in [-0.1, -0.05) is 106 Å². The average Bonchev–Trinajstić information content (AvgIpc) is 3.30. The van der Waals surface area contributed by atoms with Crippen LogP contribution in [0.15, 0.2) is 115 Å². The fraction of sp³-hybridized carbons (Fsp3) is 0.118. The van der Waals surface area contributed by atoms with Gasteiger partial charge < -0.3 is 4.74 Å². The molecule has 1 aliphatic carbocycles. The first-order chi connectivity index (χ1) is 20.5. The number of fused-ring (bicyclic) bond motifs is 3. The highest BCUT2D eigenvalue weighted by molar-refractivity contribution is 9.11. The Bertz CT molecular complexity index is 2050. The van der Waals surface area contributed by atoms with E-state index in [-0.39, 0.29) is 11.6 Å². The van der Waals surface area contributed by atoms with Crippen molar-refractivity contribution in [1.82, 2.24) is 4.57 Å². The molecule has 0 unspecified atom stereocenters. The van der Waals surface area contributed by atoms with Gasteiger partial charge in [-0.2, -0.15) is 0 Å². The predicted molar refractivity (Wildman–Crippen MR) is 177 cm³/mol. The molecule has 2 aliphatic rings. The molecular formula is C34H23Br2ClN2O2S. The van der Waals surface area contributed by atoms with E-state index in [2.05, 4.69) is 56.1 Å². The lowest BCUT2D eigenvalue weighted by Crippen LogP contribution is -2.38. The Morgan fingerprint density at radius 3 is 2.55 bits per heavy atom. The molecule has 1 aromatic heterocycles. The van der Waals surface area contributed by atoms with Gasteiger partial charge in [0, 0.05) is 20.6 Å². The Balaban J connectivity index is 1.40.